The summed E-state index contributed by atoms with van der Waals surface area (Å²) in [6.45, 7) is 6.48. The van der Waals surface area contributed by atoms with Crippen molar-refractivity contribution in [2.75, 3.05) is 6.61 Å². The second-order valence-electron chi connectivity index (χ2n) is 9.27. The molecule has 1 saturated heterocycles. The summed E-state index contributed by atoms with van der Waals surface area (Å²) in [6.07, 6.45) is 5.08. The van der Waals surface area contributed by atoms with Crippen LogP contribution in [0, 0.1) is 0 Å². The number of ether oxygens (including phenoxy) is 5. The fourth-order valence-electron chi connectivity index (χ4n) is 4.17. The van der Waals surface area contributed by atoms with Gasteiger partial charge in [-0.05, 0) is 6.42 Å². The first-order valence-electron chi connectivity index (χ1n) is 13.1. The summed E-state index contributed by atoms with van der Waals surface area (Å²) in [4.78, 5) is 59.6. The fourth-order valence-corrected chi connectivity index (χ4v) is 4.17. The molecule has 0 radical (unpaired) electrons. The first kappa shape index (κ1) is 32.3. The zero-order chi connectivity index (χ0) is 27.8. The summed E-state index contributed by atoms with van der Waals surface area (Å²) < 4.78 is 26.8. The number of rotatable bonds is 16. The molecular formula is C26H43NO10. The number of hydrogen-bond donors (Lipinski definition) is 1. The van der Waals surface area contributed by atoms with E-state index in [1.807, 2.05) is 0 Å². The molecule has 1 aliphatic rings. The van der Waals surface area contributed by atoms with Gasteiger partial charge in [0.25, 0.3) is 0 Å². The van der Waals surface area contributed by atoms with Crippen molar-refractivity contribution < 1.29 is 47.7 Å². The van der Waals surface area contributed by atoms with E-state index in [1.54, 1.807) is 0 Å². The Morgan fingerprint density at radius 2 is 1.19 bits per heavy atom. The molecular weight excluding hydrogens is 486 g/mol. The molecule has 1 heterocycles. The van der Waals surface area contributed by atoms with E-state index in [0.29, 0.717) is 6.42 Å². The van der Waals surface area contributed by atoms with Crippen LogP contribution in [0.3, 0.4) is 0 Å². The van der Waals surface area contributed by atoms with E-state index in [-0.39, 0.29) is 18.9 Å². The van der Waals surface area contributed by atoms with Crippen molar-refractivity contribution in [2.45, 2.75) is 129 Å². The molecule has 0 aromatic carbocycles. The lowest BCUT2D eigenvalue weighted by Gasteiger charge is -2.44. The van der Waals surface area contributed by atoms with E-state index >= 15 is 0 Å². The van der Waals surface area contributed by atoms with Crippen LogP contribution in [-0.2, 0) is 47.7 Å². The molecule has 1 fully saturated rings. The molecule has 0 aromatic heterocycles. The number of carbonyl (C=O) groups excluding carboxylic acids is 5. The van der Waals surface area contributed by atoms with Gasteiger partial charge < -0.3 is 29.0 Å². The minimum Gasteiger partial charge on any atom is -0.463 e. The molecule has 0 aliphatic carbocycles. The highest BCUT2D eigenvalue weighted by Gasteiger charge is 2.52. The first-order chi connectivity index (χ1) is 17.5. The van der Waals surface area contributed by atoms with Crippen LogP contribution >= 0.6 is 0 Å². The van der Waals surface area contributed by atoms with Crippen molar-refractivity contribution in [3.05, 3.63) is 0 Å². The number of carbonyl (C=O) groups is 5. The Bertz CT molecular complexity index is 756. The van der Waals surface area contributed by atoms with Crippen molar-refractivity contribution in [1.82, 2.24) is 5.32 Å². The highest BCUT2D eigenvalue weighted by molar-refractivity contribution is 5.76. The van der Waals surface area contributed by atoms with Gasteiger partial charge in [-0.15, -0.1) is 0 Å². The summed E-state index contributed by atoms with van der Waals surface area (Å²) in [5.74, 6) is -3.10. The number of esters is 4. The molecule has 1 amide bonds. The summed E-state index contributed by atoms with van der Waals surface area (Å²) in [5, 5.41) is 2.73. The van der Waals surface area contributed by atoms with Gasteiger partial charge in [-0.2, -0.15) is 0 Å². The lowest BCUT2D eigenvalue weighted by molar-refractivity contribution is -0.271. The number of amides is 1. The molecule has 0 saturated carbocycles. The number of unbranched alkanes of at least 4 members (excludes halogenated alkanes) is 8. The normalized spacial score (nSPS) is 23.0. The molecule has 1 N–H and O–H groups in total. The molecule has 1 aliphatic heterocycles. The molecule has 37 heavy (non-hydrogen) atoms. The van der Waals surface area contributed by atoms with Crippen LogP contribution in [0.5, 0.6) is 0 Å². The summed E-state index contributed by atoms with van der Waals surface area (Å²) in [7, 11) is 0. The van der Waals surface area contributed by atoms with Crippen LogP contribution in [0.25, 0.3) is 0 Å². The second-order valence-corrected chi connectivity index (χ2v) is 9.27. The van der Waals surface area contributed by atoms with Crippen molar-refractivity contribution in [1.29, 1.82) is 0 Å². The Hall–Kier alpha value is -2.69. The summed E-state index contributed by atoms with van der Waals surface area (Å²) >= 11 is 0. The van der Waals surface area contributed by atoms with Crippen LogP contribution in [-0.4, -0.2) is 67.0 Å². The van der Waals surface area contributed by atoms with Gasteiger partial charge in [0.05, 0.1) is 0 Å². The van der Waals surface area contributed by atoms with Crippen molar-refractivity contribution >= 4 is 29.8 Å². The van der Waals surface area contributed by atoms with E-state index in [1.165, 1.54) is 39.0 Å². The quantitative estimate of drug-likeness (QED) is 0.180. The third-order valence-electron chi connectivity index (χ3n) is 5.82. The second kappa shape index (κ2) is 17.7. The monoisotopic (exact) mass is 529 g/mol. The lowest BCUT2D eigenvalue weighted by atomic mass is 9.95. The molecule has 5 atom stereocenters. The maximum Gasteiger partial charge on any atom is 0.305 e. The highest BCUT2D eigenvalue weighted by atomic mass is 16.7. The molecule has 1 rings (SSSR count). The summed E-state index contributed by atoms with van der Waals surface area (Å²) in [6, 6.07) is -1.16. The zero-order valence-electron chi connectivity index (χ0n) is 22.7. The van der Waals surface area contributed by atoms with Gasteiger partial charge in [0, 0.05) is 34.1 Å². The Kier molecular flexibility index (Phi) is 15.5. The van der Waals surface area contributed by atoms with E-state index in [0.717, 1.165) is 40.0 Å². The molecule has 11 heteroatoms. The van der Waals surface area contributed by atoms with E-state index in [4.69, 9.17) is 23.7 Å². The first-order valence-corrected chi connectivity index (χ1v) is 13.1. The van der Waals surface area contributed by atoms with Gasteiger partial charge in [-0.25, -0.2) is 0 Å². The van der Waals surface area contributed by atoms with Crippen molar-refractivity contribution in [3.63, 3.8) is 0 Å². The predicted molar refractivity (Wildman–Crippen MR) is 132 cm³/mol. The molecule has 212 valence electrons. The Balaban J connectivity index is 2.89. The van der Waals surface area contributed by atoms with E-state index in [2.05, 4.69) is 12.2 Å². The van der Waals surface area contributed by atoms with Crippen LogP contribution in [0.2, 0.25) is 0 Å². The average Bonchev–Trinajstić information content (AvgIpc) is 2.79. The van der Waals surface area contributed by atoms with Crippen LogP contribution < -0.4 is 5.32 Å². The van der Waals surface area contributed by atoms with Gasteiger partial charge in [0.2, 0.25) is 12.2 Å². The van der Waals surface area contributed by atoms with Crippen molar-refractivity contribution in [3.8, 4) is 0 Å². The van der Waals surface area contributed by atoms with E-state index in [9.17, 15) is 24.0 Å². The molecule has 0 aromatic rings. The van der Waals surface area contributed by atoms with Crippen molar-refractivity contribution in [2.24, 2.45) is 0 Å². The fraction of sp³-hybridized carbons (Fsp3) is 0.808. The van der Waals surface area contributed by atoms with Gasteiger partial charge in [-0.3, -0.25) is 24.0 Å². The topological polar surface area (TPSA) is 144 Å². The van der Waals surface area contributed by atoms with Gasteiger partial charge in [0.15, 0.2) is 12.2 Å². The van der Waals surface area contributed by atoms with Crippen LogP contribution in [0.1, 0.15) is 98.8 Å². The standard InChI is InChI=1S/C26H43NO10/c1-6-7-8-9-10-11-12-13-14-15-22(32)27-23-25(35-19(4)30)24(34-18(3)29)21(16-33-17(2)28)37-26(23)36-20(5)31/h21,23-26H,6-16H2,1-5H3,(H,27,32)/t21-,23+,24-,25+,26-/m1/s1. The maximum atomic E-state index is 12.8. The number of hydrogen-bond acceptors (Lipinski definition) is 10. The van der Waals surface area contributed by atoms with Crippen LogP contribution in [0.4, 0.5) is 0 Å². The molecule has 0 spiro atoms. The summed E-state index contributed by atoms with van der Waals surface area (Å²) in [5.41, 5.74) is 0. The minimum absolute atomic E-state index is 0.209. The Morgan fingerprint density at radius 3 is 1.70 bits per heavy atom. The Labute approximate surface area is 219 Å². The molecule has 0 bridgehead atoms. The maximum absolute atomic E-state index is 12.8. The minimum atomic E-state index is -1.37. The third kappa shape index (κ3) is 13.4. The van der Waals surface area contributed by atoms with Gasteiger partial charge >= 0.3 is 23.9 Å². The SMILES string of the molecule is CCCCCCCCCCCC(=O)N[C@@H]1[C@H](OC(C)=O)O[C@H](COC(C)=O)[C@@H](OC(C)=O)[C@H]1OC(C)=O. The Morgan fingerprint density at radius 1 is 0.676 bits per heavy atom. The van der Waals surface area contributed by atoms with Gasteiger partial charge in [0.1, 0.15) is 18.8 Å². The predicted octanol–water partition coefficient (Wildman–Crippen LogP) is 3.11. The lowest BCUT2D eigenvalue weighted by Crippen LogP contribution is -2.67. The van der Waals surface area contributed by atoms with Crippen LogP contribution in [0.15, 0.2) is 0 Å². The third-order valence-corrected chi connectivity index (χ3v) is 5.82. The average molecular weight is 530 g/mol. The smallest absolute Gasteiger partial charge is 0.305 e. The largest absolute Gasteiger partial charge is 0.463 e. The van der Waals surface area contributed by atoms with E-state index < -0.39 is 54.5 Å². The highest BCUT2D eigenvalue weighted by Crippen LogP contribution is 2.28. The zero-order valence-corrected chi connectivity index (χ0v) is 22.7. The number of nitrogens with one attached hydrogen (secondary N) is 1. The van der Waals surface area contributed by atoms with Gasteiger partial charge in [-0.1, -0.05) is 58.3 Å². The molecule has 0 unspecified atom stereocenters. The molecule has 11 nitrogen and oxygen atoms in total.